The van der Waals surface area contributed by atoms with E-state index in [0.29, 0.717) is 42.0 Å². The average molecular weight is 377 g/mol. The fourth-order valence-corrected chi connectivity index (χ4v) is 3.22. The molecule has 1 heterocycles. The Morgan fingerprint density at radius 1 is 1.19 bits per heavy atom. The number of rotatable bonds is 9. The fourth-order valence-electron chi connectivity index (χ4n) is 2.32. The van der Waals surface area contributed by atoms with E-state index in [0.717, 1.165) is 16.9 Å². The van der Waals surface area contributed by atoms with Crippen LogP contribution in [0.3, 0.4) is 0 Å². The van der Waals surface area contributed by atoms with E-state index in [4.69, 9.17) is 9.47 Å². The van der Waals surface area contributed by atoms with Gasteiger partial charge in [-0.1, -0.05) is 6.07 Å². The minimum absolute atomic E-state index is 0.0220. The number of thiazole rings is 1. The van der Waals surface area contributed by atoms with Crippen molar-refractivity contribution >= 4 is 23.2 Å². The topological polar surface area (TPSA) is 101 Å². The number of hydrogen-bond acceptors (Lipinski definition) is 7. The molecule has 0 saturated carbocycles. The highest BCUT2D eigenvalue weighted by molar-refractivity contribution is 7.13. The van der Waals surface area contributed by atoms with Crippen LogP contribution < -0.4 is 19.9 Å². The lowest BCUT2D eigenvalue weighted by Gasteiger charge is -2.12. The van der Waals surface area contributed by atoms with Crippen molar-refractivity contribution in [3.63, 3.8) is 0 Å². The van der Waals surface area contributed by atoms with E-state index in [-0.39, 0.29) is 17.2 Å². The third-order valence-corrected chi connectivity index (χ3v) is 4.57. The van der Waals surface area contributed by atoms with Gasteiger partial charge in [0.25, 0.3) is 0 Å². The fraction of sp³-hybridized carbons (Fsp3) is 0.389. The molecule has 26 heavy (non-hydrogen) atoms. The van der Waals surface area contributed by atoms with E-state index < -0.39 is 5.97 Å². The van der Waals surface area contributed by atoms with Gasteiger partial charge in [-0.2, -0.15) is 0 Å². The zero-order valence-electron chi connectivity index (χ0n) is 15.0. The zero-order chi connectivity index (χ0) is 19.1. The van der Waals surface area contributed by atoms with Crippen LogP contribution in [0, 0.1) is 6.92 Å². The van der Waals surface area contributed by atoms with E-state index >= 15 is 0 Å². The molecule has 1 aromatic carbocycles. The molecule has 1 aromatic heterocycles. The number of hydrogen-bond donors (Lipinski definition) is 1. The van der Waals surface area contributed by atoms with Crippen LogP contribution in [-0.2, 0) is 17.8 Å². The monoisotopic (exact) mass is 377 g/mol. The van der Waals surface area contributed by atoms with Crippen molar-refractivity contribution in [3.8, 4) is 11.5 Å². The summed E-state index contributed by atoms with van der Waals surface area (Å²) in [5.41, 5.74) is 1.24. The Morgan fingerprint density at radius 3 is 2.50 bits per heavy atom. The van der Waals surface area contributed by atoms with Gasteiger partial charge in [-0.05, 0) is 38.5 Å². The Kier molecular flexibility index (Phi) is 6.97. The average Bonchev–Trinajstić information content (AvgIpc) is 2.96. The highest BCUT2D eigenvalue weighted by atomic mass is 32.1. The summed E-state index contributed by atoms with van der Waals surface area (Å²) in [4.78, 5) is 27.2. The van der Waals surface area contributed by atoms with Crippen LogP contribution in [0.4, 0.5) is 0 Å². The summed E-state index contributed by atoms with van der Waals surface area (Å²) in [5, 5.41) is 14.2. The highest BCUT2D eigenvalue weighted by Crippen LogP contribution is 2.28. The minimum Gasteiger partial charge on any atom is -0.544 e. The lowest BCUT2D eigenvalue weighted by molar-refractivity contribution is -0.254. The number of carbonyl (C=O) groups is 2. The van der Waals surface area contributed by atoms with Crippen molar-refractivity contribution in [2.75, 3.05) is 13.2 Å². The smallest absolute Gasteiger partial charge is 0.227 e. The van der Waals surface area contributed by atoms with Crippen LogP contribution in [-0.4, -0.2) is 30.1 Å². The van der Waals surface area contributed by atoms with Gasteiger partial charge in [-0.3, -0.25) is 4.79 Å². The first-order valence-corrected chi connectivity index (χ1v) is 9.09. The van der Waals surface area contributed by atoms with Crippen LogP contribution in [0.2, 0.25) is 0 Å². The molecule has 1 amide bonds. The molecule has 0 spiro atoms. The molecule has 1 N–H and O–H groups in total. The second-order valence-electron chi connectivity index (χ2n) is 5.41. The van der Waals surface area contributed by atoms with Gasteiger partial charge < -0.3 is 24.7 Å². The number of amides is 1. The summed E-state index contributed by atoms with van der Waals surface area (Å²) in [5.74, 6) is -0.215. The molecule has 0 bridgehead atoms. The number of carboxylic acids is 1. The van der Waals surface area contributed by atoms with Gasteiger partial charge in [0.05, 0.1) is 36.2 Å². The van der Waals surface area contributed by atoms with E-state index in [1.807, 2.05) is 32.0 Å². The minimum atomic E-state index is -1.27. The Balaban J connectivity index is 1.97. The Labute approximate surface area is 156 Å². The van der Waals surface area contributed by atoms with Gasteiger partial charge in [-0.15, -0.1) is 11.3 Å². The third kappa shape index (κ3) is 5.19. The molecular weight excluding hydrogens is 356 g/mol. The van der Waals surface area contributed by atoms with Crippen molar-refractivity contribution in [2.24, 2.45) is 0 Å². The largest absolute Gasteiger partial charge is 0.544 e. The molecule has 2 aromatic rings. The standard InChI is InChI=1S/C18H22N2O5S/c1-4-24-13-7-6-12(8-14(13)25-5-2)10-19-15(21)9-16-20-11(3)17(26-16)18(22)23/h6-8H,4-5,9-10H2,1-3H3,(H,19,21)(H,22,23)/p-1. The number of carbonyl (C=O) groups excluding carboxylic acids is 2. The lowest BCUT2D eigenvalue weighted by Crippen LogP contribution is -2.24. The predicted molar refractivity (Wildman–Crippen MR) is 95.5 cm³/mol. The van der Waals surface area contributed by atoms with Gasteiger partial charge >= 0.3 is 0 Å². The van der Waals surface area contributed by atoms with Gasteiger partial charge in [0.15, 0.2) is 11.5 Å². The molecule has 7 nitrogen and oxygen atoms in total. The molecule has 8 heteroatoms. The summed E-state index contributed by atoms with van der Waals surface area (Å²) < 4.78 is 11.1. The molecule has 0 aliphatic heterocycles. The van der Waals surface area contributed by atoms with Crippen LogP contribution >= 0.6 is 11.3 Å². The molecule has 0 aliphatic carbocycles. The summed E-state index contributed by atoms with van der Waals surface area (Å²) >= 11 is 0.964. The van der Waals surface area contributed by atoms with Crippen LogP contribution in [0.1, 0.15) is 39.8 Å². The number of nitrogens with zero attached hydrogens (tertiary/aromatic N) is 1. The number of aryl methyl sites for hydroxylation is 1. The number of aromatic nitrogens is 1. The number of benzene rings is 1. The van der Waals surface area contributed by atoms with Crippen LogP contribution in [0.25, 0.3) is 0 Å². The maximum atomic E-state index is 12.1. The van der Waals surface area contributed by atoms with Crippen molar-refractivity contribution in [3.05, 3.63) is 39.3 Å². The Bertz CT molecular complexity index is 788. The number of aromatic carboxylic acids is 1. The molecule has 2 rings (SSSR count). The van der Waals surface area contributed by atoms with Crippen molar-refractivity contribution in [1.82, 2.24) is 10.3 Å². The molecule has 0 saturated heterocycles. The molecule has 140 valence electrons. The third-order valence-electron chi connectivity index (χ3n) is 3.44. The summed E-state index contributed by atoms with van der Waals surface area (Å²) in [6.45, 7) is 6.75. The van der Waals surface area contributed by atoms with Crippen molar-refractivity contribution in [2.45, 2.75) is 33.7 Å². The van der Waals surface area contributed by atoms with Crippen LogP contribution in [0.5, 0.6) is 11.5 Å². The zero-order valence-corrected chi connectivity index (χ0v) is 15.8. The van der Waals surface area contributed by atoms with E-state index in [9.17, 15) is 14.7 Å². The number of carboxylic acid groups (broad SMARTS) is 1. The summed E-state index contributed by atoms with van der Waals surface area (Å²) in [7, 11) is 0. The molecule has 0 fully saturated rings. The Hall–Kier alpha value is -2.61. The quantitative estimate of drug-likeness (QED) is 0.710. The maximum Gasteiger partial charge on any atom is 0.227 e. The normalized spacial score (nSPS) is 10.4. The summed E-state index contributed by atoms with van der Waals surface area (Å²) in [6.07, 6.45) is 0.0220. The van der Waals surface area contributed by atoms with Crippen molar-refractivity contribution < 1.29 is 24.2 Å². The molecule has 0 atom stereocenters. The first-order chi connectivity index (χ1) is 12.4. The maximum absolute atomic E-state index is 12.1. The number of nitrogens with one attached hydrogen (secondary N) is 1. The molecule has 0 aliphatic rings. The first-order valence-electron chi connectivity index (χ1n) is 8.27. The highest BCUT2D eigenvalue weighted by Gasteiger charge is 2.12. The summed E-state index contributed by atoms with van der Waals surface area (Å²) in [6, 6.07) is 5.50. The van der Waals surface area contributed by atoms with Crippen molar-refractivity contribution in [1.29, 1.82) is 0 Å². The molecule has 0 unspecified atom stereocenters. The predicted octanol–water partition coefficient (Wildman–Crippen LogP) is 1.47. The second-order valence-corrected chi connectivity index (χ2v) is 6.49. The van der Waals surface area contributed by atoms with Crippen LogP contribution in [0.15, 0.2) is 18.2 Å². The lowest BCUT2D eigenvalue weighted by atomic mass is 10.2. The number of ether oxygens (including phenoxy) is 2. The SMILES string of the molecule is CCOc1ccc(CNC(=O)Cc2nc(C)c(C(=O)[O-])s2)cc1OCC. The van der Waals surface area contributed by atoms with E-state index in [1.54, 1.807) is 6.92 Å². The van der Waals surface area contributed by atoms with E-state index in [2.05, 4.69) is 10.3 Å². The Morgan fingerprint density at radius 2 is 1.88 bits per heavy atom. The first kappa shape index (κ1) is 19.7. The second kappa shape index (κ2) is 9.19. The van der Waals surface area contributed by atoms with Gasteiger partial charge in [-0.25, -0.2) is 4.98 Å². The molecule has 0 radical (unpaired) electrons. The van der Waals surface area contributed by atoms with Gasteiger partial charge in [0, 0.05) is 6.54 Å². The van der Waals surface area contributed by atoms with Gasteiger partial charge in [0.1, 0.15) is 5.01 Å². The van der Waals surface area contributed by atoms with Gasteiger partial charge in [0.2, 0.25) is 5.91 Å². The molecular formula is C18H21N2O5S-. The van der Waals surface area contributed by atoms with E-state index in [1.165, 1.54) is 0 Å².